The standard InChI is InChI=1S/C10H17N/c1-9-4-2-5-10-6-3-7-11(9)8-10/h2,4,9-10H,3,5-8H2,1H3. The van der Waals surface area contributed by atoms with Crippen LogP contribution in [0.1, 0.15) is 26.2 Å². The zero-order chi connectivity index (χ0) is 7.68. The molecule has 0 aromatic carbocycles. The molecule has 2 bridgehead atoms. The van der Waals surface area contributed by atoms with E-state index in [1.807, 2.05) is 0 Å². The first-order valence-corrected chi connectivity index (χ1v) is 4.77. The lowest BCUT2D eigenvalue weighted by Crippen LogP contribution is -2.38. The van der Waals surface area contributed by atoms with Crippen LogP contribution in [0.2, 0.25) is 0 Å². The summed E-state index contributed by atoms with van der Waals surface area (Å²) in [6.45, 7) is 4.97. The fraction of sp³-hybridized carbons (Fsp3) is 0.800. The average Bonchev–Trinajstić information content (AvgIpc) is 2.14. The topological polar surface area (TPSA) is 3.24 Å². The van der Waals surface area contributed by atoms with Crippen molar-refractivity contribution >= 4 is 0 Å². The van der Waals surface area contributed by atoms with Gasteiger partial charge in [-0.2, -0.15) is 0 Å². The minimum absolute atomic E-state index is 0.695. The third kappa shape index (κ3) is 1.48. The third-order valence-electron chi connectivity index (χ3n) is 3.01. The van der Waals surface area contributed by atoms with Gasteiger partial charge in [-0.3, -0.25) is 4.90 Å². The molecule has 62 valence electrons. The van der Waals surface area contributed by atoms with Crippen LogP contribution >= 0.6 is 0 Å². The zero-order valence-electron chi connectivity index (χ0n) is 7.29. The minimum Gasteiger partial charge on any atom is -0.297 e. The van der Waals surface area contributed by atoms with Crippen molar-refractivity contribution in [1.29, 1.82) is 0 Å². The van der Waals surface area contributed by atoms with Crippen LogP contribution in [0, 0.1) is 5.92 Å². The number of hydrogen-bond donors (Lipinski definition) is 0. The molecule has 1 nitrogen and oxygen atoms in total. The van der Waals surface area contributed by atoms with E-state index in [0.717, 1.165) is 5.92 Å². The smallest absolute Gasteiger partial charge is 0.0249 e. The second kappa shape index (κ2) is 2.98. The van der Waals surface area contributed by atoms with Gasteiger partial charge in [0.05, 0.1) is 0 Å². The van der Waals surface area contributed by atoms with Gasteiger partial charge < -0.3 is 0 Å². The monoisotopic (exact) mass is 151 g/mol. The molecular weight excluding hydrogens is 134 g/mol. The molecule has 1 saturated heterocycles. The summed E-state index contributed by atoms with van der Waals surface area (Å²) >= 11 is 0. The predicted octanol–water partition coefficient (Wildman–Crippen LogP) is 2.05. The fourth-order valence-corrected chi connectivity index (χ4v) is 2.25. The molecule has 11 heavy (non-hydrogen) atoms. The third-order valence-corrected chi connectivity index (χ3v) is 3.01. The van der Waals surface area contributed by atoms with Crippen LogP contribution in [0.4, 0.5) is 0 Å². The van der Waals surface area contributed by atoms with E-state index in [9.17, 15) is 0 Å². The van der Waals surface area contributed by atoms with Gasteiger partial charge in [0.25, 0.3) is 0 Å². The van der Waals surface area contributed by atoms with E-state index in [1.165, 1.54) is 32.4 Å². The summed E-state index contributed by atoms with van der Waals surface area (Å²) in [5.41, 5.74) is 0. The van der Waals surface area contributed by atoms with Gasteiger partial charge in [-0.25, -0.2) is 0 Å². The molecule has 0 aliphatic carbocycles. The molecule has 1 fully saturated rings. The highest BCUT2D eigenvalue weighted by molar-refractivity contribution is 4.98. The van der Waals surface area contributed by atoms with E-state index >= 15 is 0 Å². The van der Waals surface area contributed by atoms with E-state index in [4.69, 9.17) is 0 Å². The number of nitrogens with zero attached hydrogens (tertiary/aromatic N) is 1. The van der Waals surface area contributed by atoms with Gasteiger partial charge in [0.1, 0.15) is 0 Å². The molecule has 0 saturated carbocycles. The summed E-state index contributed by atoms with van der Waals surface area (Å²) in [5, 5.41) is 0. The van der Waals surface area contributed by atoms with E-state index < -0.39 is 0 Å². The first kappa shape index (κ1) is 7.35. The van der Waals surface area contributed by atoms with Crippen molar-refractivity contribution in [3.63, 3.8) is 0 Å². The Bertz CT molecular complexity index is 162. The highest BCUT2D eigenvalue weighted by atomic mass is 15.2. The van der Waals surface area contributed by atoms with E-state index in [-0.39, 0.29) is 0 Å². The first-order valence-electron chi connectivity index (χ1n) is 4.77. The Morgan fingerprint density at radius 2 is 2.36 bits per heavy atom. The second-order valence-corrected chi connectivity index (χ2v) is 3.91. The van der Waals surface area contributed by atoms with Crippen molar-refractivity contribution in [3.8, 4) is 0 Å². The molecule has 0 amide bonds. The highest BCUT2D eigenvalue weighted by Gasteiger charge is 2.23. The van der Waals surface area contributed by atoms with Crippen LogP contribution in [0.15, 0.2) is 12.2 Å². The molecule has 0 aromatic heterocycles. The summed E-state index contributed by atoms with van der Waals surface area (Å²) in [7, 11) is 0. The number of allylic oxidation sites excluding steroid dienone is 1. The Balaban J connectivity index is 2.09. The molecule has 2 aliphatic rings. The molecule has 0 radical (unpaired) electrons. The Kier molecular flexibility index (Phi) is 1.99. The molecule has 2 rings (SSSR count). The average molecular weight is 151 g/mol. The maximum Gasteiger partial charge on any atom is 0.0249 e. The Morgan fingerprint density at radius 3 is 3.27 bits per heavy atom. The molecular formula is C10H17N. The summed E-state index contributed by atoms with van der Waals surface area (Å²) in [5.74, 6) is 0.963. The maximum absolute atomic E-state index is 2.61. The maximum atomic E-state index is 2.61. The van der Waals surface area contributed by atoms with Crippen LogP contribution in [-0.4, -0.2) is 24.0 Å². The lowest BCUT2D eigenvalue weighted by Gasteiger charge is -2.33. The molecule has 0 N–H and O–H groups in total. The van der Waals surface area contributed by atoms with Crippen LogP contribution in [-0.2, 0) is 0 Å². The van der Waals surface area contributed by atoms with Gasteiger partial charge in [0.15, 0.2) is 0 Å². The molecule has 0 spiro atoms. The van der Waals surface area contributed by atoms with Crippen molar-refractivity contribution in [1.82, 2.24) is 4.90 Å². The molecule has 2 heterocycles. The van der Waals surface area contributed by atoms with E-state index in [0.29, 0.717) is 6.04 Å². The van der Waals surface area contributed by atoms with Crippen LogP contribution in [0.5, 0.6) is 0 Å². The van der Waals surface area contributed by atoms with Crippen molar-refractivity contribution < 1.29 is 0 Å². The van der Waals surface area contributed by atoms with Gasteiger partial charge in [-0.05, 0) is 38.6 Å². The summed E-state index contributed by atoms with van der Waals surface area (Å²) in [4.78, 5) is 2.61. The fourth-order valence-electron chi connectivity index (χ4n) is 2.25. The molecule has 3 unspecified atom stereocenters. The second-order valence-electron chi connectivity index (χ2n) is 3.91. The van der Waals surface area contributed by atoms with E-state index in [2.05, 4.69) is 24.0 Å². The SMILES string of the molecule is CC1C=CCC2CCCN1C2. The molecule has 3 atom stereocenters. The lowest BCUT2D eigenvalue weighted by atomic mass is 9.96. The molecule has 0 aromatic rings. The van der Waals surface area contributed by atoms with E-state index in [1.54, 1.807) is 0 Å². The van der Waals surface area contributed by atoms with Crippen molar-refractivity contribution in [2.24, 2.45) is 5.92 Å². The van der Waals surface area contributed by atoms with Crippen LogP contribution in [0.25, 0.3) is 0 Å². The zero-order valence-corrected chi connectivity index (χ0v) is 7.29. The highest BCUT2D eigenvalue weighted by Crippen LogP contribution is 2.24. The number of piperidine rings is 1. The van der Waals surface area contributed by atoms with Crippen molar-refractivity contribution in [3.05, 3.63) is 12.2 Å². The van der Waals surface area contributed by atoms with Gasteiger partial charge in [-0.1, -0.05) is 12.2 Å². The Hall–Kier alpha value is -0.300. The van der Waals surface area contributed by atoms with Crippen LogP contribution < -0.4 is 0 Å². The van der Waals surface area contributed by atoms with Gasteiger partial charge in [0.2, 0.25) is 0 Å². The number of hydrogen-bond acceptors (Lipinski definition) is 1. The summed E-state index contributed by atoms with van der Waals surface area (Å²) in [6, 6.07) is 0.695. The van der Waals surface area contributed by atoms with Gasteiger partial charge in [0, 0.05) is 12.6 Å². The largest absolute Gasteiger partial charge is 0.297 e. The number of fused-ring (bicyclic) bond motifs is 2. The first-order chi connectivity index (χ1) is 5.36. The summed E-state index contributed by atoms with van der Waals surface area (Å²) < 4.78 is 0. The summed E-state index contributed by atoms with van der Waals surface area (Å²) in [6.07, 6.45) is 8.93. The molecule has 1 heteroatoms. The minimum atomic E-state index is 0.695. The normalized spacial score (nSPS) is 43.5. The van der Waals surface area contributed by atoms with Crippen molar-refractivity contribution in [2.45, 2.75) is 32.2 Å². The van der Waals surface area contributed by atoms with Gasteiger partial charge >= 0.3 is 0 Å². The Morgan fingerprint density at radius 1 is 1.45 bits per heavy atom. The Labute approximate surface area is 69.1 Å². The van der Waals surface area contributed by atoms with Gasteiger partial charge in [-0.15, -0.1) is 0 Å². The lowest BCUT2D eigenvalue weighted by molar-refractivity contribution is 0.160. The van der Waals surface area contributed by atoms with Crippen LogP contribution in [0.3, 0.4) is 0 Å². The van der Waals surface area contributed by atoms with Crippen molar-refractivity contribution in [2.75, 3.05) is 13.1 Å². The number of rotatable bonds is 0. The quantitative estimate of drug-likeness (QED) is 0.479. The molecule has 2 aliphatic heterocycles. The predicted molar refractivity (Wildman–Crippen MR) is 47.5 cm³/mol.